The molecule has 64 valence electrons. The van der Waals surface area contributed by atoms with Crippen LogP contribution in [0, 0.1) is 5.92 Å². The zero-order valence-electron chi connectivity index (χ0n) is 7.92. The van der Waals surface area contributed by atoms with Gasteiger partial charge in [-0.1, -0.05) is 25.5 Å². The molecule has 0 bridgehead atoms. The van der Waals surface area contributed by atoms with Gasteiger partial charge in [-0.2, -0.15) is 0 Å². The Balaban J connectivity index is 2.64. The number of hydrogen-bond acceptors (Lipinski definition) is 1. The van der Waals surface area contributed by atoms with Crippen molar-refractivity contribution >= 4 is 0 Å². The van der Waals surface area contributed by atoms with Crippen molar-refractivity contribution in [1.29, 1.82) is 0 Å². The van der Waals surface area contributed by atoms with E-state index in [0.717, 1.165) is 6.42 Å². The van der Waals surface area contributed by atoms with Crippen molar-refractivity contribution in [3.63, 3.8) is 0 Å². The van der Waals surface area contributed by atoms with Gasteiger partial charge >= 0.3 is 0 Å². The molecule has 0 amide bonds. The summed E-state index contributed by atoms with van der Waals surface area (Å²) in [5, 5.41) is 0. The number of hydrogen-bond donors (Lipinski definition) is 0. The first-order valence-corrected chi connectivity index (χ1v) is 4.45. The van der Waals surface area contributed by atoms with Gasteiger partial charge in [0.05, 0.1) is 12.2 Å². The highest BCUT2D eigenvalue weighted by atomic mass is 16.5. The van der Waals surface area contributed by atoms with Crippen molar-refractivity contribution < 1.29 is 4.74 Å². The topological polar surface area (TPSA) is 9.23 Å². The maximum absolute atomic E-state index is 5.59. The summed E-state index contributed by atoms with van der Waals surface area (Å²) in [6.07, 6.45) is 4.09. The number of rotatable bonds is 1. The maximum Gasteiger partial charge on any atom is 0.0734 e. The van der Waals surface area contributed by atoms with E-state index in [4.69, 9.17) is 4.74 Å². The van der Waals surface area contributed by atoms with Gasteiger partial charge in [0.15, 0.2) is 0 Å². The molecule has 0 unspecified atom stereocenters. The Labute approximate surface area is 69.4 Å². The van der Waals surface area contributed by atoms with Gasteiger partial charge in [-0.05, 0) is 26.2 Å². The van der Waals surface area contributed by atoms with Gasteiger partial charge in [-0.3, -0.25) is 0 Å². The van der Waals surface area contributed by atoms with Crippen LogP contribution in [-0.2, 0) is 4.74 Å². The lowest BCUT2D eigenvalue weighted by atomic mass is 9.94. The van der Waals surface area contributed by atoms with Gasteiger partial charge in [0, 0.05) is 0 Å². The van der Waals surface area contributed by atoms with Gasteiger partial charge in [-0.15, -0.1) is 0 Å². The molecule has 0 spiro atoms. The molecule has 0 N–H and O–H groups in total. The Bertz CT molecular complexity index is 158. The largest absolute Gasteiger partial charge is 0.371 e. The molecular formula is C10H18O. The highest BCUT2D eigenvalue weighted by molar-refractivity contribution is 5.11. The summed E-state index contributed by atoms with van der Waals surface area (Å²) in [5.74, 6) is 0.684. The van der Waals surface area contributed by atoms with E-state index in [-0.39, 0.29) is 0 Å². The lowest BCUT2D eigenvalue weighted by Crippen LogP contribution is -2.23. The average molecular weight is 154 g/mol. The van der Waals surface area contributed by atoms with Gasteiger partial charge in [-0.25, -0.2) is 0 Å². The Morgan fingerprint density at radius 1 is 1.45 bits per heavy atom. The fourth-order valence-electron chi connectivity index (χ4n) is 1.58. The molecule has 0 aromatic heterocycles. The molecule has 0 aromatic carbocycles. The lowest BCUT2D eigenvalue weighted by Gasteiger charge is -2.26. The third-order valence-corrected chi connectivity index (χ3v) is 2.16. The van der Waals surface area contributed by atoms with Crippen molar-refractivity contribution in [3.05, 3.63) is 11.6 Å². The summed E-state index contributed by atoms with van der Waals surface area (Å²) in [5.41, 5.74) is 1.55. The second kappa shape index (κ2) is 3.40. The quantitative estimate of drug-likeness (QED) is 0.528. The van der Waals surface area contributed by atoms with E-state index < -0.39 is 0 Å². The third kappa shape index (κ3) is 2.33. The third-order valence-electron chi connectivity index (χ3n) is 2.16. The fraction of sp³-hybridized carbons (Fsp3) is 0.800. The molecular weight excluding hydrogens is 136 g/mol. The SMILES string of the molecule is CC(C)C1=C[C@H](C)O[C@H](C)C1. The Kier molecular flexibility index (Phi) is 2.72. The molecule has 0 aromatic rings. The van der Waals surface area contributed by atoms with Crippen LogP contribution in [0.25, 0.3) is 0 Å². The summed E-state index contributed by atoms with van der Waals surface area (Å²) in [6, 6.07) is 0. The van der Waals surface area contributed by atoms with Crippen LogP contribution in [0.3, 0.4) is 0 Å². The van der Waals surface area contributed by atoms with E-state index in [9.17, 15) is 0 Å². The predicted molar refractivity (Wildman–Crippen MR) is 47.5 cm³/mol. The van der Waals surface area contributed by atoms with E-state index in [1.54, 1.807) is 5.57 Å². The number of ether oxygens (including phenoxy) is 1. The Morgan fingerprint density at radius 2 is 2.09 bits per heavy atom. The molecule has 11 heavy (non-hydrogen) atoms. The van der Waals surface area contributed by atoms with Crippen LogP contribution in [0.15, 0.2) is 11.6 Å². The smallest absolute Gasteiger partial charge is 0.0734 e. The van der Waals surface area contributed by atoms with E-state index in [1.807, 2.05) is 0 Å². The van der Waals surface area contributed by atoms with Crippen LogP contribution >= 0.6 is 0 Å². The van der Waals surface area contributed by atoms with Crippen molar-refractivity contribution in [1.82, 2.24) is 0 Å². The molecule has 0 saturated heterocycles. The van der Waals surface area contributed by atoms with E-state index in [2.05, 4.69) is 33.8 Å². The van der Waals surface area contributed by atoms with Crippen molar-refractivity contribution in [3.8, 4) is 0 Å². The molecule has 1 aliphatic rings. The summed E-state index contributed by atoms with van der Waals surface area (Å²) in [7, 11) is 0. The molecule has 1 rings (SSSR count). The fourth-order valence-corrected chi connectivity index (χ4v) is 1.58. The highest BCUT2D eigenvalue weighted by Gasteiger charge is 2.17. The first-order valence-electron chi connectivity index (χ1n) is 4.45. The molecule has 0 fully saturated rings. The minimum Gasteiger partial charge on any atom is -0.371 e. The molecule has 1 heteroatoms. The Morgan fingerprint density at radius 3 is 2.55 bits per heavy atom. The molecule has 1 nitrogen and oxygen atoms in total. The second-order valence-electron chi connectivity index (χ2n) is 3.75. The zero-order chi connectivity index (χ0) is 8.43. The molecule has 0 saturated carbocycles. The Hall–Kier alpha value is -0.300. The van der Waals surface area contributed by atoms with E-state index in [0.29, 0.717) is 18.1 Å². The van der Waals surface area contributed by atoms with Crippen molar-refractivity contribution in [2.45, 2.75) is 46.3 Å². The summed E-state index contributed by atoms with van der Waals surface area (Å²) in [6.45, 7) is 8.75. The molecule has 0 radical (unpaired) electrons. The summed E-state index contributed by atoms with van der Waals surface area (Å²) in [4.78, 5) is 0. The van der Waals surface area contributed by atoms with Gasteiger partial charge in [0.2, 0.25) is 0 Å². The molecule has 1 aliphatic heterocycles. The van der Waals surface area contributed by atoms with Crippen molar-refractivity contribution in [2.75, 3.05) is 0 Å². The van der Waals surface area contributed by atoms with E-state index >= 15 is 0 Å². The first-order chi connectivity index (χ1) is 5.09. The van der Waals surface area contributed by atoms with Crippen molar-refractivity contribution in [2.24, 2.45) is 5.92 Å². The predicted octanol–water partition coefficient (Wildman–Crippen LogP) is 2.77. The minimum absolute atomic E-state index is 0.316. The maximum atomic E-state index is 5.59. The monoisotopic (exact) mass is 154 g/mol. The highest BCUT2D eigenvalue weighted by Crippen LogP contribution is 2.24. The molecule has 2 atom stereocenters. The van der Waals surface area contributed by atoms with Crippen LogP contribution in [0.1, 0.15) is 34.1 Å². The van der Waals surface area contributed by atoms with Gasteiger partial charge < -0.3 is 4.74 Å². The zero-order valence-corrected chi connectivity index (χ0v) is 7.92. The first kappa shape index (κ1) is 8.79. The minimum atomic E-state index is 0.316. The summed E-state index contributed by atoms with van der Waals surface area (Å²) >= 11 is 0. The van der Waals surface area contributed by atoms with Crippen LogP contribution < -0.4 is 0 Å². The molecule has 1 heterocycles. The van der Waals surface area contributed by atoms with Gasteiger partial charge in [0.25, 0.3) is 0 Å². The van der Waals surface area contributed by atoms with Crippen LogP contribution in [0.4, 0.5) is 0 Å². The van der Waals surface area contributed by atoms with Crippen LogP contribution in [0.2, 0.25) is 0 Å². The summed E-state index contributed by atoms with van der Waals surface area (Å²) < 4.78 is 5.59. The van der Waals surface area contributed by atoms with Gasteiger partial charge in [0.1, 0.15) is 0 Å². The second-order valence-corrected chi connectivity index (χ2v) is 3.75. The average Bonchev–Trinajstić information content (AvgIpc) is 1.85. The molecule has 0 aliphatic carbocycles. The normalized spacial score (nSPS) is 32.3. The van der Waals surface area contributed by atoms with Crippen LogP contribution in [-0.4, -0.2) is 12.2 Å². The standard InChI is InChI=1S/C10H18O/c1-7(2)10-5-8(3)11-9(4)6-10/h5,7-9H,6H2,1-4H3/t8-,9+/m0/s1. The van der Waals surface area contributed by atoms with Crippen LogP contribution in [0.5, 0.6) is 0 Å². The van der Waals surface area contributed by atoms with E-state index in [1.165, 1.54) is 0 Å². The lowest BCUT2D eigenvalue weighted by molar-refractivity contribution is 0.0221.